The predicted octanol–water partition coefficient (Wildman–Crippen LogP) is 3.96. The van der Waals surface area contributed by atoms with Crippen LogP contribution < -0.4 is 10.2 Å². The fourth-order valence-corrected chi connectivity index (χ4v) is 3.24. The van der Waals surface area contributed by atoms with Crippen LogP contribution >= 0.6 is 11.6 Å². The molecule has 0 saturated carbocycles. The Hall–Kier alpha value is -4.17. The summed E-state index contributed by atoms with van der Waals surface area (Å²) >= 11 is 5.89. The number of halogens is 1. The number of carbonyl (C=O) groups excluding carboxylic acids is 3. The third-order valence-corrected chi connectivity index (χ3v) is 4.84. The first-order valence-corrected chi connectivity index (χ1v) is 9.32. The fourth-order valence-electron chi connectivity index (χ4n) is 3.04. The number of imide groups is 2. The van der Waals surface area contributed by atoms with Gasteiger partial charge in [-0.15, -0.1) is 0 Å². The number of nitrogens with zero attached hydrogens (tertiary/aromatic N) is 1. The lowest BCUT2D eigenvalue weighted by atomic mass is 10.1. The summed E-state index contributed by atoms with van der Waals surface area (Å²) < 4.78 is 5.66. The summed E-state index contributed by atoms with van der Waals surface area (Å²) in [5, 5.41) is 11.4. The zero-order valence-corrected chi connectivity index (χ0v) is 16.4. The Morgan fingerprint density at radius 2 is 1.77 bits per heavy atom. The molecule has 1 saturated heterocycles. The minimum Gasteiger partial charge on any atom is -0.478 e. The van der Waals surface area contributed by atoms with Crippen molar-refractivity contribution in [1.82, 2.24) is 5.32 Å². The van der Waals surface area contributed by atoms with E-state index in [2.05, 4.69) is 5.32 Å². The number of carboxylic acids is 1. The molecule has 3 aromatic rings. The summed E-state index contributed by atoms with van der Waals surface area (Å²) in [4.78, 5) is 49.4. The van der Waals surface area contributed by atoms with Gasteiger partial charge in [0.05, 0.1) is 16.3 Å². The molecule has 1 aromatic heterocycles. The molecule has 0 radical (unpaired) electrons. The van der Waals surface area contributed by atoms with Crippen molar-refractivity contribution in [2.75, 3.05) is 4.90 Å². The van der Waals surface area contributed by atoms with Crippen LogP contribution in [0.1, 0.15) is 16.1 Å². The van der Waals surface area contributed by atoms with Crippen molar-refractivity contribution in [3.8, 4) is 11.3 Å². The van der Waals surface area contributed by atoms with Crippen LogP contribution in [0.25, 0.3) is 17.4 Å². The minimum atomic E-state index is -1.18. The SMILES string of the molecule is O=C1NC(=O)N(c2ccccc2)C(=O)/C1=C/c1ccc(-c2ccc(Cl)c(C(=O)O)c2)o1. The van der Waals surface area contributed by atoms with Crippen molar-refractivity contribution >= 4 is 47.2 Å². The highest BCUT2D eigenvalue weighted by Gasteiger charge is 2.37. The van der Waals surface area contributed by atoms with E-state index >= 15 is 0 Å². The molecule has 9 heteroatoms. The highest BCUT2D eigenvalue weighted by Crippen LogP contribution is 2.28. The Kier molecular flexibility index (Phi) is 5.14. The van der Waals surface area contributed by atoms with Crippen LogP contribution in [0.2, 0.25) is 5.02 Å². The molecule has 1 fully saturated rings. The average molecular weight is 437 g/mol. The molecule has 8 nitrogen and oxygen atoms in total. The maximum Gasteiger partial charge on any atom is 0.337 e. The van der Waals surface area contributed by atoms with Crippen molar-refractivity contribution in [2.24, 2.45) is 0 Å². The molecule has 0 unspecified atom stereocenters. The van der Waals surface area contributed by atoms with Gasteiger partial charge in [0.25, 0.3) is 11.8 Å². The number of anilines is 1. The van der Waals surface area contributed by atoms with Gasteiger partial charge in [0.1, 0.15) is 17.1 Å². The number of carboxylic acid groups (broad SMARTS) is 1. The van der Waals surface area contributed by atoms with Crippen LogP contribution in [-0.2, 0) is 9.59 Å². The largest absolute Gasteiger partial charge is 0.478 e. The molecule has 0 aliphatic carbocycles. The second kappa shape index (κ2) is 7.92. The van der Waals surface area contributed by atoms with Crippen molar-refractivity contribution in [3.05, 3.63) is 82.6 Å². The first kappa shape index (κ1) is 20.1. The monoisotopic (exact) mass is 436 g/mol. The molecule has 1 aliphatic heterocycles. The summed E-state index contributed by atoms with van der Waals surface area (Å²) in [6.45, 7) is 0. The summed E-state index contributed by atoms with van der Waals surface area (Å²) in [7, 11) is 0. The predicted molar refractivity (Wildman–Crippen MR) is 112 cm³/mol. The Balaban J connectivity index is 1.67. The number of para-hydroxylation sites is 1. The van der Waals surface area contributed by atoms with Crippen LogP contribution in [0.3, 0.4) is 0 Å². The molecule has 2 N–H and O–H groups in total. The van der Waals surface area contributed by atoms with E-state index in [4.69, 9.17) is 16.0 Å². The highest BCUT2D eigenvalue weighted by atomic mass is 35.5. The molecule has 0 atom stereocenters. The molecular weight excluding hydrogens is 424 g/mol. The molecule has 31 heavy (non-hydrogen) atoms. The molecule has 0 spiro atoms. The zero-order valence-electron chi connectivity index (χ0n) is 15.7. The number of aromatic carboxylic acids is 1. The van der Waals surface area contributed by atoms with Gasteiger partial charge in [-0.1, -0.05) is 29.8 Å². The smallest absolute Gasteiger partial charge is 0.337 e. The third kappa shape index (κ3) is 3.84. The van der Waals surface area contributed by atoms with Gasteiger partial charge in [-0.25, -0.2) is 14.5 Å². The van der Waals surface area contributed by atoms with E-state index in [0.717, 1.165) is 4.90 Å². The van der Waals surface area contributed by atoms with E-state index in [1.165, 1.54) is 24.3 Å². The zero-order chi connectivity index (χ0) is 22.1. The van der Waals surface area contributed by atoms with Gasteiger partial charge in [0.15, 0.2) is 0 Å². The van der Waals surface area contributed by atoms with Crippen molar-refractivity contribution in [2.45, 2.75) is 0 Å². The number of barbiturate groups is 1. The normalized spacial score (nSPS) is 15.3. The van der Waals surface area contributed by atoms with E-state index < -0.39 is 23.8 Å². The van der Waals surface area contributed by atoms with E-state index in [1.807, 2.05) is 0 Å². The van der Waals surface area contributed by atoms with Crippen LogP contribution in [0, 0.1) is 0 Å². The van der Waals surface area contributed by atoms with Crippen LogP contribution in [0.4, 0.5) is 10.5 Å². The summed E-state index contributed by atoms with van der Waals surface area (Å²) in [5.74, 6) is -2.35. The van der Waals surface area contributed by atoms with Crippen LogP contribution in [-0.4, -0.2) is 28.9 Å². The molecule has 0 bridgehead atoms. The van der Waals surface area contributed by atoms with E-state index in [1.54, 1.807) is 42.5 Å². The molecule has 4 amide bonds. The summed E-state index contributed by atoms with van der Waals surface area (Å²) in [6, 6.07) is 14.8. The first-order chi connectivity index (χ1) is 14.8. The molecule has 4 rings (SSSR count). The van der Waals surface area contributed by atoms with Gasteiger partial charge in [0, 0.05) is 5.56 Å². The number of hydrogen-bond donors (Lipinski definition) is 2. The number of benzene rings is 2. The number of hydrogen-bond acceptors (Lipinski definition) is 5. The molecule has 2 aromatic carbocycles. The number of amides is 4. The van der Waals surface area contributed by atoms with Crippen molar-refractivity contribution in [1.29, 1.82) is 0 Å². The topological polar surface area (TPSA) is 117 Å². The first-order valence-electron chi connectivity index (χ1n) is 8.94. The van der Waals surface area contributed by atoms with Crippen LogP contribution in [0.5, 0.6) is 0 Å². The Morgan fingerprint density at radius 3 is 2.48 bits per heavy atom. The lowest BCUT2D eigenvalue weighted by Crippen LogP contribution is -2.54. The van der Waals surface area contributed by atoms with Gasteiger partial charge in [-0.3, -0.25) is 14.9 Å². The molecule has 2 heterocycles. The number of nitrogens with one attached hydrogen (secondary N) is 1. The number of urea groups is 1. The van der Waals surface area contributed by atoms with Gasteiger partial charge in [-0.05, 0) is 48.5 Å². The third-order valence-electron chi connectivity index (χ3n) is 4.51. The summed E-state index contributed by atoms with van der Waals surface area (Å²) in [5.41, 5.74) is 0.388. The highest BCUT2D eigenvalue weighted by molar-refractivity contribution is 6.39. The standard InChI is InChI=1S/C22H13ClN2O6/c23-17-8-6-12(10-15(17)21(28)29)18-9-7-14(31-18)11-16-19(26)24-22(30)25(20(16)27)13-4-2-1-3-5-13/h1-11H,(H,28,29)(H,24,26,30)/b16-11+. The number of furan rings is 1. The maximum atomic E-state index is 12.8. The van der Waals surface area contributed by atoms with Crippen molar-refractivity contribution in [3.63, 3.8) is 0 Å². The maximum absolute atomic E-state index is 12.8. The Labute approximate surface area is 180 Å². The number of rotatable bonds is 4. The average Bonchev–Trinajstić information content (AvgIpc) is 3.20. The van der Waals surface area contributed by atoms with E-state index in [9.17, 15) is 24.3 Å². The van der Waals surface area contributed by atoms with E-state index in [-0.39, 0.29) is 21.9 Å². The fraction of sp³-hybridized carbons (Fsp3) is 0. The molecule has 1 aliphatic rings. The minimum absolute atomic E-state index is 0.0836. The Morgan fingerprint density at radius 1 is 1.03 bits per heavy atom. The lowest BCUT2D eigenvalue weighted by Gasteiger charge is -2.26. The summed E-state index contributed by atoms with van der Waals surface area (Å²) in [6.07, 6.45) is 1.22. The van der Waals surface area contributed by atoms with Gasteiger partial charge >= 0.3 is 12.0 Å². The van der Waals surface area contributed by atoms with Gasteiger partial charge in [-0.2, -0.15) is 0 Å². The second-order valence-electron chi connectivity index (χ2n) is 6.50. The van der Waals surface area contributed by atoms with Crippen LogP contribution in [0.15, 0.2) is 70.7 Å². The molecule has 154 valence electrons. The van der Waals surface area contributed by atoms with E-state index in [0.29, 0.717) is 17.0 Å². The lowest BCUT2D eigenvalue weighted by molar-refractivity contribution is -0.122. The van der Waals surface area contributed by atoms with Gasteiger partial charge < -0.3 is 9.52 Å². The molecular formula is C22H13ClN2O6. The van der Waals surface area contributed by atoms with Crippen molar-refractivity contribution < 1.29 is 28.7 Å². The second-order valence-corrected chi connectivity index (χ2v) is 6.90. The van der Waals surface area contributed by atoms with Gasteiger partial charge in [0.2, 0.25) is 0 Å². The quantitative estimate of drug-likeness (QED) is 0.472. The Bertz CT molecular complexity index is 1260. The number of carbonyl (C=O) groups is 4.